The van der Waals surface area contributed by atoms with Gasteiger partial charge in [0.05, 0.1) is 11.1 Å². The van der Waals surface area contributed by atoms with Crippen molar-refractivity contribution in [2.75, 3.05) is 0 Å². The molecule has 1 amide bonds. The highest BCUT2D eigenvalue weighted by Gasteiger charge is 2.27. The second-order valence-electron chi connectivity index (χ2n) is 7.42. The number of halogens is 1. The summed E-state index contributed by atoms with van der Waals surface area (Å²) in [5, 5.41) is 3.91. The van der Waals surface area contributed by atoms with E-state index in [-0.39, 0.29) is 18.0 Å². The minimum Gasteiger partial charge on any atom is -0.348 e. The Bertz CT molecular complexity index is 1120. The standard InChI is InChI=1S/C21H22BrN3O2/c1-11-6-13(3)24-21(27)17(11)9-23-20(26)16-7-14(22)8-18-19(16)12(2)10-25(18)15-4-5-15/h6-8,10,15H,4-5,9H2,1-3H3,(H,23,26)(H,24,27). The van der Waals surface area contributed by atoms with Crippen LogP contribution in [0.1, 0.15) is 51.6 Å². The van der Waals surface area contributed by atoms with E-state index >= 15 is 0 Å². The van der Waals surface area contributed by atoms with Gasteiger partial charge in [0.15, 0.2) is 0 Å². The van der Waals surface area contributed by atoms with E-state index < -0.39 is 0 Å². The lowest BCUT2D eigenvalue weighted by Gasteiger charge is -2.11. The van der Waals surface area contributed by atoms with Gasteiger partial charge in [-0.25, -0.2) is 0 Å². The topological polar surface area (TPSA) is 66.9 Å². The fourth-order valence-electron chi connectivity index (χ4n) is 3.75. The molecule has 4 rings (SSSR count). The van der Waals surface area contributed by atoms with Gasteiger partial charge in [-0.1, -0.05) is 15.9 Å². The largest absolute Gasteiger partial charge is 0.348 e. The zero-order valence-corrected chi connectivity index (χ0v) is 17.2. The summed E-state index contributed by atoms with van der Waals surface area (Å²) in [6, 6.07) is 6.39. The average Bonchev–Trinajstić information content (AvgIpc) is 3.37. The monoisotopic (exact) mass is 427 g/mol. The first-order valence-electron chi connectivity index (χ1n) is 9.13. The van der Waals surface area contributed by atoms with Gasteiger partial charge in [-0.15, -0.1) is 0 Å². The molecule has 1 fully saturated rings. The number of nitrogens with zero attached hydrogens (tertiary/aromatic N) is 1. The zero-order valence-electron chi connectivity index (χ0n) is 15.6. The number of pyridine rings is 1. The summed E-state index contributed by atoms with van der Waals surface area (Å²) in [7, 11) is 0. The number of rotatable bonds is 4. The summed E-state index contributed by atoms with van der Waals surface area (Å²) in [4.78, 5) is 28.0. The second kappa shape index (κ2) is 6.68. The van der Waals surface area contributed by atoms with Crippen molar-refractivity contribution in [3.8, 4) is 0 Å². The molecule has 2 heterocycles. The van der Waals surface area contributed by atoms with Gasteiger partial charge in [0.1, 0.15) is 0 Å². The third-order valence-electron chi connectivity index (χ3n) is 5.19. The highest BCUT2D eigenvalue weighted by atomic mass is 79.9. The van der Waals surface area contributed by atoms with Crippen LogP contribution in [0.5, 0.6) is 0 Å². The number of aromatic amines is 1. The van der Waals surface area contributed by atoms with Gasteiger partial charge in [-0.3, -0.25) is 9.59 Å². The van der Waals surface area contributed by atoms with E-state index in [2.05, 4.69) is 43.1 Å². The van der Waals surface area contributed by atoms with E-state index in [4.69, 9.17) is 0 Å². The van der Waals surface area contributed by atoms with Crippen molar-refractivity contribution in [3.63, 3.8) is 0 Å². The van der Waals surface area contributed by atoms with Crippen LogP contribution in [-0.4, -0.2) is 15.5 Å². The van der Waals surface area contributed by atoms with Crippen molar-refractivity contribution in [2.45, 2.75) is 46.2 Å². The molecule has 0 aliphatic heterocycles. The van der Waals surface area contributed by atoms with Gasteiger partial charge in [0, 0.05) is 39.9 Å². The summed E-state index contributed by atoms with van der Waals surface area (Å²) < 4.78 is 3.16. The van der Waals surface area contributed by atoms with Gasteiger partial charge in [-0.05, 0) is 62.9 Å². The Morgan fingerprint density at radius 3 is 2.63 bits per heavy atom. The van der Waals surface area contributed by atoms with E-state index in [1.807, 2.05) is 32.9 Å². The van der Waals surface area contributed by atoms with Crippen molar-refractivity contribution >= 4 is 32.7 Å². The maximum Gasteiger partial charge on any atom is 0.253 e. The summed E-state index contributed by atoms with van der Waals surface area (Å²) in [5.41, 5.74) is 4.95. The summed E-state index contributed by atoms with van der Waals surface area (Å²) in [5.74, 6) is -0.169. The molecule has 0 bridgehead atoms. The quantitative estimate of drug-likeness (QED) is 0.652. The minimum absolute atomic E-state index is 0.150. The molecule has 2 aromatic heterocycles. The van der Waals surface area contributed by atoms with E-state index in [0.29, 0.717) is 17.2 Å². The van der Waals surface area contributed by atoms with Crippen LogP contribution in [0.15, 0.2) is 33.7 Å². The van der Waals surface area contributed by atoms with Crippen molar-refractivity contribution in [3.05, 3.63) is 67.2 Å². The lowest BCUT2D eigenvalue weighted by Crippen LogP contribution is -2.28. The Morgan fingerprint density at radius 1 is 1.22 bits per heavy atom. The molecule has 0 saturated heterocycles. The molecule has 6 heteroatoms. The first kappa shape index (κ1) is 18.0. The van der Waals surface area contributed by atoms with Gasteiger partial charge >= 0.3 is 0 Å². The molecule has 0 unspecified atom stereocenters. The number of aryl methyl sites for hydroxylation is 3. The predicted octanol–water partition coefficient (Wildman–Crippen LogP) is 4.28. The highest BCUT2D eigenvalue weighted by Crippen LogP contribution is 2.40. The number of carbonyl (C=O) groups is 1. The molecule has 5 nitrogen and oxygen atoms in total. The maximum absolute atomic E-state index is 13.0. The normalized spacial score (nSPS) is 13.9. The number of carbonyl (C=O) groups excluding carboxylic acids is 1. The Morgan fingerprint density at radius 2 is 1.96 bits per heavy atom. The van der Waals surface area contributed by atoms with E-state index in [1.54, 1.807) is 0 Å². The molecule has 0 spiro atoms. The third kappa shape index (κ3) is 3.34. The van der Waals surface area contributed by atoms with E-state index in [0.717, 1.165) is 32.2 Å². The van der Waals surface area contributed by atoms with Gasteiger partial charge in [0.2, 0.25) is 0 Å². The first-order chi connectivity index (χ1) is 12.8. The van der Waals surface area contributed by atoms with Crippen molar-refractivity contribution in [1.29, 1.82) is 0 Å². The molecule has 2 N–H and O–H groups in total. The lowest BCUT2D eigenvalue weighted by atomic mass is 10.1. The van der Waals surface area contributed by atoms with Gasteiger partial charge in [0.25, 0.3) is 11.5 Å². The van der Waals surface area contributed by atoms with Crippen LogP contribution in [0.2, 0.25) is 0 Å². The molecular weight excluding hydrogens is 406 g/mol. The molecule has 1 aliphatic rings. The van der Waals surface area contributed by atoms with Crippen LogP contribution in [-0.2, 0) is 6.54 Å². The first-order valence-corrected chi connectivity index (χ1v) is 9.92. The number of aromatic nitrogens is 2. The zero-order chi connectivity index (χ0) is 19.3. The maximum atomic E-state index is 13.0. The molecule has 1 aromatic carbocycles. The van der Waals surface area contributed by atoms with Crippen LogP contribution >= 0.6 is 15.9 Å². The molecule has 3 aromatic rings. The molecular formula is C21H22BrN3O2. The van der Waals surface area contributed by atoms with Crippen molar-refractivity contribution in [2.24, 2.45) is 0 Å². The van der Waals surface area contributed by atoms with Crippen molar-refractivity contribution in [1.82, 2.24) is 14.9 Å². The smallest absolute Gasteiger partial charge is 0.253 e. The van der Waals surface area contributed by atoms with E-state index in [1.165, 1.54) is 12.8 Å². The second-order valence-corrected chi connectivity index (χ2v) is 8.34. The molecule has 1 saturated carbocycles. The number of H-pyrrole nitrogens is 1. The number of nitrogens with one attached hydrogen (secondary N) is 2. The number of hydrogen-bond acceptors (Lipinski definition) is 2. The Balaban J connectivity index is 1.68. The summed E-state index contributed by atoms with van der Waals surface area (Å²) in [6.07, 6.45) is 4.51. The highest BCUT2D eigenvalue weighted by molar-refractivity contribution is 9.10. The molecule has 140 valence electrons. The number of benzene rings is 1. The van der Waals surface area contributed by atoms with Gasteiger partial charge < -0.3 is 14.9 Å². The van der Waals surface area contributed by atoms with Gasteiger partial charge in [-0.2, -0.15) is 0 Å². The summed E-state index contributed by atoms with van der Waals surface area (Å²) >= 11 is 3.54. The number of hydrogen-bond donors (Lipinski definition) is 2. The SMILES string of the molecule is Cc1cc(C)c(CNC(=O)c2cc(Br)cc3c2c(C)cn3C2CC2)c(=O)[nH]1. The van der Waals surface area contributed by atoms with E-state index in [9.17, 15) is 9.59 Å². The molecule has 0 atom stereocenters. The van der Waals surface area contributed by atoms with Crippen LogP contribution in [0.4, 0.5) is 0 Å². The fraction of sp³-hybridized carbons (Fsp3) is 0.333. The molecule has 0 radical (unpaired) electrons. The third-order valence-corrected chi connectivity index (χ3v) is 5.65. The molecule has 1 aliphatic carbocycles. The summed E-state index contributed by atoms with van der Waals surface area (Å²) in [6.45, 7) is 5.99. The van der Waals surface area contributed by atoms with Crippen LogP contribution < -0.4 is 10.9 Å². The minimum atomic E-state index is -0.169. The van der Waals surface area contributed by atoms with Crippen molar-refractivity contribution < 1.29 is 4.79 Å². The predicted molar refractivity (Wildman–Crippen MR) is 110 cm³/mol. The van der Waals surface area contributed by atoms with Crippen LogP contribution in [0, 0.1) is 20.8 Å². The van der Waals surface area contributed by atoms with Crippen LogP contribution in [0.25, 0.3) is 10.9 Å². The Labute approximate surface area is 165 Å². The number of amides is 1. The Kier molecular flexibility index (Phi) is 4.46. The number of fused-ring (bicyclic) bond motifs is 1. The van der Waals surface area contributed by atoms with Crippen LogP contribution in [0.3, 0.4) is 0 Å². The molecule has 27 heavy (non-hydrogen) atoms. The Hall–Kier alpha value is -2.34. The fourth-order valence-corrected chi connectivity index (χ4v) is 4.20. The average molecular weight is 428 g/mol. The lowest BCUT2D eigenvalue weighted by molar-refractivity contribution is 0.0952.